The molecule has 18 heavy (non-hydrogen) atoms. The minimum Gasteiger partial charge on any atom is -0.445 e. The van der Waals surface area contributed by atoms with Crippen LogP contribution in [-0.2, 0) is 0 Å². The second kappa shape index (κ2) is 4.60. The van der Waals surface area contributed by atoms with Crippen LogP contribution in [0.4, 0.5) is 10.1 Å². The molecule has 1 aromatic carbocycles. The summed E-state index contributed by atoms with van der Waals surface area (Å²) < 4.78 is 18.7. The maximum absolute atomic E-state index is 13.5. The van der Waals surface area contributed by atoms with Crippen LogP contribution in [-0.4, -0.2) is 10.9 Å². The number of aryl methyl sites for hydroxylation is 3. The summed E-state index contributed by atoms with van der Waals surface area (Å²) in [5, 5.41) is 2.49. The number of nitrogens with zero attached hydrogens (tertiary/aromatic N) is 1. The number of amides is 1. The highest BCUT2D eigenvalue weighted by molar-refractivity contribution is 6.03. The lowest BCUT2D eigenvalue weighted by atomic mass is 10.2. The van der Waals surface area contributed by atoms with Crippen LogP contribution >= 0.6 is 0 Å². The largest absolute Gasteiger partial charge is 0.445 e. The van der Waals surface area contributed by atoms with Crippen LogP contribution in [0.25, 0.3) is 0 Å². The molecule has 0 aliphatic carbocycles. The summed E-state index contributed by atoms with van der Waals surface area (Å²) >= 11 is 0. The van der Waals surface area contributed by atoms with E-state index in [4.69, 9.17) is 4.42 Å². The summed E-state index contributed by atoms with van der Waals surface area (Å²) in [6.07, 6.45) is 0. The fourth-order valence-corrected chi connectivity index (χ4v) is 1.66. The molecule has 0 radical (unpaired) electrons. The highest BCUT2D eigenvalue weighted by Gasteiger charge is 2.16. The van der Waals surface area contributed by atoms with Gasteiger partial charge in [0.25, 0.3) is 5.91 Å². The van der Waals surface area contributed by atoms with Crippen molar-refractivity contribution in [3.63, 3.8) is 0 Å². The van der Waals surface area contributed by atoms with Crippen molar-refractivity contribution < 1.29 is 13.6 Å². The summed E-state index contributed by atoms with van der Waals surface area (Å²) in [6, 6.07) is 4.51. The molecule has 4 nitrogen and oxygen atoms in total. The Morgan fingerprint density at radius 1 is 1.33 bits per heavy atom. The lowest BCUT2D eigenvalue weighted by Crippen LogP contribution is -2.14. The molecule has 0 saturated heterocycles. The SMILES string of the molecule is Cc1ccc(F)c(NC(=O)c2nc(C)oc2C)c1. The molecule has 0 unspecified atom stereocenters. The van der Waals surface area contributed by atoms with Gasteiger partial charge in [-0.15, -0.1) is 0 Å². The Hall–Kier alpha value is -2.17. The standard InChI is InChI=1S/C13H13FN2O2/c1-7-4-5-10(14)11(6-7)16-13(17)12-8(2)18-9(3)15-12/h4-6H,1-3H3,(H,16,17). The van der Waals surface area contributed by atoms with Crippen molar-refractivity contribution in [2.75, 3.05) is 5.32 Å². The van der Waals surface area contributed by atoms with Crippen molar-refractivity contribution >= 4 is 11.6 Å². The topological polar surface area (TPSA) is 55.1 Å². The number of oxazole rings is 1. The van der Waals surface area contributed by atoms with Crippen molar-refractivity contribution in [1.29, 1.82) is 0 Å². The first kappa shape index (κ1) is 12.3. The van der Waals surface area contributed by atoms with Crippen molar-refractivity contribution in [3.8, 4) is 0 Å². The van der Waals surface area contributed by atoms with E-state index in [1.807, 2.05) is 6.92 Å². The Labute approximate surface area is 104 Å². The van der Waals surface area contributed by atoms with Crippen molar-refractivity contribution in [1.82, 2.24) is 4.98 Å². The van der Waals surface area contributed by atoms with Crippen molar-refractivity contribution in [2.45, 2.75) is 20.8 Å². The molecule has 2 rings (SSSR count). The number of rotatable bonds is 2. The monoisotopic (exact) mass is 248 g/mol. The lowest BCUT2D eigenvalue weighted by molar-refractivity contribution is 0.102. The molecule has 0 atom stereocenters. The van der Waals surface area contributed by atoms with Gasteiger partial charge in [-0.3, -0.25) is 4.79 Å². The zero-order valence-corrected chi connectivity index (χ0v) is 10.4. The number of halogens is 1. The number of anilines is 1. The molecule has 0 aliphatic heterocycles. The van der Waals surface area contributed by atoms with Crippen LogP contribution < -0.4 is 5.32 Å². The number of carbonyl (C=O) groups excluding carboxylic acids is 1. The van der Waals surface area contributed by atoms with Gasteiger partial charge in [0.15, 0.2) is 11.6 Å². The van der Waals surface area contributed by atoms with Gasteiger partial charge < -0.3 is 9.73 Å². The average Bonchev–Trinajstić information content (AvgIpc) is 2.63. The third-order valence-corrected chi connectivity index (χ3v) is 2.49. The number of hydrogen-bond acceptors (Lipinski definition) is 3. The van der Waals surface area contributed by atoms with Gasteiger partial charge in [-0.05, 0) is 31.5 Å². The zero-order valence-electron chi connectivity index (χ0n) is 10.4. The minimum atomic E-state index is -0.480. The van der Waals surface area contributed by atoms with E-state index in [0.29, 0.717) is 11.7 Å². The molecule has 0 spiro atoms. The highest BCUT2D eigenvalue weighted by Crippen LogP contribution is 2.17. The Morgan fingerprint density at radius 2 is 2.06 bits per heavy atom. The van der Waals surface area contributed by atoms with Gasteiger partial charge in [0.1, 0.15) is 11.6 Å². The molecular formula is C13H13FN2O2. The molecule has 1 amide bonds. The van der Waals surface area contributed by atoms with Gasteiger partial charge >= 0.3 is 0 Å². The zero-order chi connectivity index (χ0) is 13.3. The summed E-state index contributed by atoms with van der Waals surface area (Å²) in [6.45, 7) is 5.11. The molecule has 2 aromatic rings. The van der Waals surface area contributed by atoms with Gasteiger partial charge in [0.05, 0.1) is 5.69 Å². The number of carbonyl (C=O) groups is 1. The third kappa shape index (κ3) is 2.40. The first-order valence-corrected chi connectivity index (χ1v) is 5.49. The summed E-state index contributed by atoms with van der Waals surface area (Å²) in [7, 11) is 0. The van der Waals surface area contributed by atoms with Gasteiger partial charge in [-0.1, -0.05) is 6.07 Å². The number of aromatic nitrogens is 1. The first-order chi connectivity index (χ1) is 8.47. The lowest BCUT2D eigenvalue weighted by Gasteiger charge is -2.05. The smallest absolute Gasteiger partial charge is 0.277 e. The van der Waals surface area contributed by atoms with E-state index in [9.17, 15) is 9.18 Å². The molecule has 0 fully saturated rings. The first-order valence-electron chi connectivity index (χ1n) is 5.49. The van der Waals surface area contributed by atoms with E-state index in [1.54, 1.807) is 26.0 Å². The molecule has 1 N–H and O–H groups in total. The van der Waals surface area contributed by atoms with Crippen molar-refractivity contribution in [3.05, 3.63) is 46.9 Å². The maximum Gasteiger partial charge on any atom is 0.277 e. The summed E-state index contributed by atoms with van der Waals surface area (Å²) in [5.41, 5.74) is 1.17. The molecule has 0 bridgehead atoms. The Kier molecular flexibility index (Phi) is 3.14. The predicted octanol–water partition coefficient (Wildman–Crippen LogP) is 2.99. The Balaban J connectivity index is 2.26. The van der Waals surface area contributed by atoms with E-state index in [1.165, 1.54) is 6.07 Å². The van der Waals surface area contributed by atoms with Gasteiger partial charge in [-0.2, -0.15) is 0 Å². The number of benzene rings is 1. The maximum atomic E-state index is 13.5. The second-order valence-corrected chi connectivity index (χ2v) is 4.08. The summed E-state index contributed by atoms with van der Waals surface area (Å²) in [5.74, 6) is -0.138. The molecule has 5 heteroatoms. The molecule has 0 aliphatic rings. The normalized spacial score (nSPS) is 10.4. The van der Waals surface area contributed by atoms with Gasteiger partial charge in [-0.25, -0.2) is 9.37 Å². The van der Waals surface area contributed by atoms with Crippen LogP contribution in [0.3, 0.4) is 0 Å². The van der Waals surface area contributed by atoms with Crippen LogP contribution in [0.15, 0.2) is 22.6 Å². The van der Waals surface area contributed by atoms with E-state index >= 15 is 0 Å². The summed E-state index contributed by atoms with van der Waals surface area (Å²) in [4.78, 5) is 15.9. The fraction of sp³-hybridized carbons (Fsp3) is 0.231. The van der Waals surface area contributed by atoms with E-state index in [-0.39, 0.29) is 11.4 Å². The highest BCUT2D eigenvalue weighted by atomic mass is 19.1. The Bertz CT molecular complexity index is 605. The van der Waals surface area contributed by atoms with Crippen molar-refractivity contribution in [2.24, 2.45) is 0 Å². The quantitative estimate of drug-likeness (QED) is 0.888. The van der Waals surface area contributed by atoms with Crippen LogP contribution in [0.1, 0.15) is 27.7 Å². The van der Waals surface area contributed by atoms with E-state index < -0.39 is 11.7 Å². The molecule has 1 heterocycles. The van der Waals surface area contributed by atoms with Crippen LogP contribution in [0.2, 0.25) is 0 Å². The fourth-order valence-electron chi connectivity index (χ4n) is 1.66. The third-order valence-electron chi connectivity index (χ3n) is 2.49. The van der Waals surface area contributed by atoms with E-state index in [2.05, 4.69) is 10.3 Å². The number of hydrogen-bond donors (Lipinski definition) is 1. The number of nitrogens with one attached hydrogen (secondary N) is 1. The average molecular weight is 248 g/mol. The van der Waals surface area contributed by atoms with Gasteiger partial charge in [0, 0.05) is 6.92 Å². The molecule has 94 valence electrons. The second-order valence-electron chi connectivity index (χ2n) is 4.08. The predicted molar refractivity (Wildman–Crippen MR) is 65.1 cm³/mol. The van der Waals surface area contributed by atoms with Crippen LogP contribution in [0, 0.1) is 26.6 Å². The van der Waals surface area contributed by atoms with Crippen LogP contribution in [0.5, 0.6) is 0 Å². The molecular weight excluding hydrogens is 235 g/mol. The van der Waals surface area contributed by atoms with E-state index in [0.717, 1.165) is 5.56 Å². The Morgan fingerprint density at radius 3 is 2.67 bits per heavy atom. The molecule has 1 aromatic heterocycles. The minimum absolute atomic E-state index is 0.139. The molecule has 0 saturated carbocycles. The van der Waals surface area contributed by atoms with Gasteiger partial charge in [0.2, 0.25) is 0 Å².